The van der Waals surface area contributed by atoms with Gasteiger partial charge in [-0.25, -0.2) is 32.5 Å². The maximum Gasteiger partial charge on any atom is 0.337 e. The number of nitrogens with one attached hydrogen (secondary N) is 2. The molecule has 1 atom stereocenters. The Labute approximate surface area is 224 Å². The maximum absolute atomic E-state index is 14.8. The van der Waals surface area contributed by atoms with Crippen molar-refractivity contribution in [2.45, 2.75) is 38.1 Å². The number of hydrogen-bond donors (Lipinski definition) is 2. The first-order valence-corrected chi connectivity index (χ1v) is 12.7. The maximum atomic E-state index is 14.8. The Morgan fingerprint density at radius 2 is 1.85 bits per heavy atom. The SMILES string of the molecule is COC(=O)C1=C(C)NC(=O)N(C(=O)NCCCN2CCC(c3ccccn3)CC2)C1c1cc(F)c(F)cc1F. The third-order valence-corrected chi connectivity index (χ3v) is 7.03. The molecule has 1 aromatic carbocycles. The highest BCUT2D eigenvalue weighted by Gasteiger charge is 2.43. The number of carbonyl (C=O) groups is 3. The highest BCUT2D eigenvalue weighted by atomic mass is 19.2. The molecule has 0 aliphatic carbocycles. The van der Waals surface area contributed by atoms with Gasteiger partial charge in [-0.15, -0.1) is 0 Å². The molecule has 208 valence electrons. The van der Waals surface area contributed by atoms with Crippen LogP contribution < -0.4 is 10.6 Å². The predicted molar refractivity (Wildman–Crippen MR) is 135 cm³/mol. The molecule has 4 rings (SSSR count). The molecule has 2 aliphatic rings. The Kier molecular flexibility index (Phi) is 8.85. The Morgan fingerprint density at radius 1 is 1.13 bits per heavy atom. The molecular weight excluding hydrogens is 515 g/mol. The van der Waals surface area contributed by atoms with Crippen molar-refractivity contribution in [3.05, 3.63) is 76.5 Å². The number of amides is 4. The second-order valence-electron chi connectivity index (χ2n) is 9.48. The number of halogens is 3. The summed E-state index contributed by atoms with van der Waals surface area (Å²) in [6, 6.07) is 3.18. The van der Waals surface area contributed by atoms with E-state index in [0.717, 1.165) is 38.7 Å². The van der Waals surface area contributed by atoms with Crippen LogP contribution in [0.25, 0.3) is 0 Å². The van der Waals surface area contributed by atoms with Crippen LogP contribution in [0.5, 0.6) is 0 Å². The first-order chi connectivity index (χ1) is 18.7. The number of likely N-dealkylation sites (tertiary alicyclic amines) is 1. The molecule has 1 saturated heterocycles. The van der Waals surface area contributed by atoms with Gasteiger partial charge in [0.1, 0.15) is 11.9 Å². The van der Waals surface area contributed by atoms with E-state index in [4.69, 9.17) is 4.74 Å². The number of urea groups is 2. The van der Waals surface area contributed by atoms with Crippen LogP contribution in [-0.4, -0.2) is 66.1 Å². The number of benzene rings is 1. The fourth-order valence-corrected chi connectivity index (χ4v) is 5.02. The number of esters is 1. The van der Waals surface area contributed by atoms with E-state index in [1.165, 1.54) is 6.92 Å². The molecule has 2 aromatic rings. The van der Waals surface area contributed by atoms with Crippen molar-refractivity contribution < 1.29 is 32.3 Å². The number of ether oxygens (including phenoxy) is 1. The van der Waals surface area contributed by atoms with Crippen LogP contribution in [0.3, 0.4) is 0 Å². The minimum Gasteiger partial charge on any atom is -0.466 e. The Bertz CT molecular complexity index is 1270. The summed E-state index contributed by atoms with van der Waals surface area (Å²) >= 11 is 0. The number of rotatable bonds is 7. The lowest BCUT2D eigenvalue weighted by atomic mass is 9.93. The fourth-order valence-electron chi connectivity index (χ4n) is 5.02. The quantitative estimate of drug-likeness (QED) is 0.310. The summed E-state index contributed by atoms with van der Waals surface area (Å²) in [5.41, 5.74) is 0.244. The second-order valence-corrected chi connectivity index (χ2v) is 9.48. The van der Waals surface area contributed by atoms with E-state index in [2.05, 4.69) is 20.5 Å². The zero-order chi connectivity index (χ0) is 28.1. The monoisotopic (exact) mass is 545 g/mol. The van der Waals surface area contributed by atoms with Gasteiger partial charge >= 0.3 is 18.0 Å². The molecule has 0 bridgehead atoms. The zero-order valence-electron chi connectivity index (χ0n) is 21.7. The number of pyridine rings is 1. The summed E-state index contributed by atoms with van der Waals surface area (Å²) in [6.07, 6.45) is 4.31. The molecule has 1 aromatic heterocycles. The fraction of sp³-hybridized carbons (Fsp3) is 0.407. The molecule has 3 heterocycles. The number of methoxy groups -OCH3 is 1. The van der Waals surface area contributed by atoms with Crippen molar-refractivity contribution in [1.82, 2.24) is 25.4 Å². The second kappa shape index (κ2) is 12.3. The van der Waals surface area contributed by atoms with Gasteiger partial charge in [0.05, 0.1) is 12.7 Å². The van der Waals surface area contributed by atoms with Crippen LogP contribution in [0.1, 0.15) is 49.4 Å². The number of piperidine rings is 1. The molecule has 0 radical (unpaired) electrons. The third-order valence-electron chi connectivity index (χ3n) is 7.03. The minimum absolute atomic E-state index is 0.000798. The number of carbonyl (C=O) groups excluding carboxylic acids is 3. The Morgan fingerprint density at radius 3 is 2.51 bits per heavy atom. The van der Waals surface area contributed by atoms with Crippen molar-refractivity contribution in [1.29, 1.82) is 0 Å². The van der Waals surface area contributed by atoms with Crippen molar-refractivity contribution in [3.63, 3.8) is 0 Å². The summed E-state index contributed by atoms with van der Waals surface area (Å²) in [5, 5.41) is 5.00. The van der Waals surface area contributed by atoms with Gasteiger partial charge in [0.2, 0.25) is 0 Å². The molecule has 12 heteroatoms. The van der Waals surface area contributed by atoms with E-state index in [0.29, 0.717) is 35.9 Å². The molecular formula is C27H30F3N5O4. The lowest BCUT2D eigenvalue weighted by molar-refractivity contribution is -0.136. The standard InChI is InChI=1S/C27H30F3N5O4/c1-16-23(25(36)39-2)24(18-14-20(29)21(30)15-19(18)28)35(27(38)33-16)26(37)32-10-5-11-34-12-7-17(8-13-34)22-6-3-4-9-31-22/h3-4,6,9,14-15,17,24H,5,7-8,10-13H2,1-2H3,(H,32,37)(H,33,38). The van der Waals surface area contributed by atoms with E-state index in [9.17, 15) is 27.6 Å². The number of aromatic nitrogens is 1. The van der Waals surface area contributed by atoms with Crippen LogP contribution in [0.15, 0.2) is 47.8 Å². The first-order valence-electron chi connectivity index (χ1n) is 12.7. The van der Waals surface area contributed by atoms with Gasteiger partial charge in [-0.1, -0.05) is 6.07 Å². The largest absolute Gasteiger partial charge is 0.466 e. The van der Waals surface area contributed by atoms with E-state index in [1.54, 1.807) is 6.20 Å². The molecule has 2 aliphatic heterocycles. The van der Waals surface area contributed by atoms with Crippen molar-refractivity contribution >= 4 is 18.0 Å². The van der Waals surface area contributed by atoms with Crippen molar-refractivity contribution in [2.24, 2.45) is 0 Å². The molecule has 2 N–H and O–H groups in total. The average Bonchev–Trinajstić information content (AvgIpc) is 2.93. The molecule has 0 saturated carbocycles. The summed E-state index contributed by atoms with van der Waals surface area (Å²) < 4.78 is 47.3. The molecule has 4 amide bonds. The highest BCUT2D eigenvalue weighted by Crippen LogP contribution is 2.36. The zero-order valence-corrected chi connectivity index (χ0v) is 21.7. The molecule has 1 fully saturated rings. The Hall–Kier alpha value is -3.93. The van der Waals surface area contributed by atoms with Gasteiger partial charge in [-0.05, 0) is 64.0 Å². The van der Waals surface area contributed by atoms with Gasteiger partial charge < -0.3 is 20.3 Å². The summed E-state index contributed by atoms with van der Waals surface area (Å²) in [4.78, 5) is 45.8. The summed E-state index contributed by atoms with van der Waals surface area (Å²) in [6.45, 7) is 4.02. The smallest absolute Gasteiger partial charge is 0.337 e. The van der Waals surface area contributed by atoms with Crippen LogP contribution in [0.2, 0.25) is 0 Å². The van der Waals surface area contributed by atoms with Crippen LogP contribution in [-0.2, 0) is 9.53 Å². The minimum atomic E-state index is -1.67. The van der Waals surface area contributed by atoms with E-state index >= 15 is 0 Å². The van der Waals surface area contributed by atoms with Crippen LogP contribution in [0, 0.1) is 17.5 Å². The molecule has 1 unspecified atom stereocenters. The normalized spacial score (nSPS) is 18.6. The van der Waals surface area contributed by atoms with Crippen molar-refractivity contribution in [2.75, 3.05) is 33.3 Å². The van der Waals surface area contributed by atoms with Gasteiger partial charge in [-0.2, -0.15) is 0 Å². The molecule has 0 spiro atoms. The van der Waals surface area contributed by atoms with Gasteiger partial charge in [0.15, 0.2) is 11.6 Å². The number of hydrogen-bond acceptors (Lipinski definition) is 6. The predicted octanol–water partition coefficient (Wildman–Crippen LogP) is 3.99. The number of nitrogens with zero attached hydrogens (tertiary/aromatic N) is 3. The van der Waals surface area contributed by atoms with Crippen molar-refractivity contribution in [3.8, 4) is 0 Å². The first kappa shape index (κ1) is 28.1. The summed E-state index contributed by atoms with van der Waals surface area (Å²) in [5.74, 6) is -4.62. The van der Waals surface area contributed by atoms with Gasteiger partial charge in [-0.3, -0.25) is 4.98 Å². The number of imide groups is 1. The van der Waals surface area contributed by atoms with Crippen LogP contribution >= 0.6 is 0 Å². The lowest BCUT2D eigenvalue weighted by Crippen LogP contribution is -2.54. The number of allylic oxidation sites excluding steroid dienone is 1. The molecule has 9 nitrogen and oxygen atoms in total. The third kappa shape index (κ3) is 6.22. The summed E-state index contributed by atoms with van der Waals surface area (Å²) in [7, 11) is 1.07. The van der Waals surface area contributed by atoms with Crippen LogP contribution in [0.4, 0.5) is 22.8 Å². The van der Waals surface area contributed by atoms with E-state index in [-0.39, 0.29) is 17.8 Å². The highest BCUT2D eigenvalue weighted by molar-refractivity contribution is 6.01. The average molecular weight is 546 g/mol. The van der Waals surface area contributed by atoms with Gasteiger partial charge in [0.25, 0.3) is 0 Å². The van der Waals surface area contributed by atoms with E-state index in [1.807, 2.05) is 18.2 Å². The lowest BCUT2D eigenvalue weighted by Gasteiger charge is -2.36. The molecule has 39 heavy (non-hydrogen) atoms. The topological polar surface area (TPSA) is 104 Å². The Balaban J connectivity index is 1.42. The van der Waals surface area contributed by atoms with E-state index < -0.39 is 47.1 Å². The van der Waals surface area contributed by atoms with Gasteiger partial charge in [0, 0.05) is 41.7 Å².